The van der Waals surface area contributed by atoms with Crippen LogP contribution in [0.15, 0.2) is 30.3 Å². The third kappa shape index (κ3) is 11.3. The lowest BCUT2D eigenvalue weighted by Gasteiger charge is -2.38. The number of benzene rings is 1. The molecule has 2 N–H and O–H groups in total. The SMILES string of the molecule is COC(C)COC(c1ccccc1)C1CCCN(c2nsnc2N[C@H](CNC(=O)OCC[Si](C)(C)C)CC2CCCCC2)C1. The van der Waals surface area contributed by atoms with Gasteiger partial charge in [-0.15, -0.1) is 0 Å². The van der Waals surface area contributed by atoms with Crippen LogP contribution in [0, 0.1) is 11.8 Å². The third-order valence-corrected chi connectivity index (χ3v) is 11.2. The van der Waals surface area contributed by atoms with Crippen molar-refractivity contribution < 1.29 is 19.0 Å². The maximum absolute atomic E-state index is 12.6. The number of methoxy groups -OCH3 is 1. The molecule has 2 aliphatic rings. The number of rotatable bonds is 16. The summed E-state index contributed by atoms with van der Waals surface area (Å²) in [5.41, 5.74) is 1.20. The van der Waals surface area contributed by atoms with Gasteiger partial charge in [0.2, 0.25) is 0 Å². The first-order valence-electron chi connectivity index (χ1n) is 16.7. The van der Waals surface area contributed by atoms with Crippen molar-refractivity contribution in [1.29, 1.82) is 0 Å². The van der Waals surface area contributed by atoms with Gasteiger partial charge in [0, 0.05) is 46.8 Å². The van der Waals surface area contributed by atoms with E-state index in [2.05, 4.69) is 65.5 Å². The van der Waals surface area contributed by atoms with E-state index in [1.165, 1.54) is 49.4 Å². The third-order valence-electron chi connectivity index (χ3n) is 8.96. The number of amides is 1. The molecule has 2 heterocycles. The van der Waals surface area contributed by atoms with Crippen LogP contribution in [0.3, 0.4) is 0 Å². The molecular weight excluding hydrogens is 591 g/mol. The van der Waals surface area contributed by atoms with Gasteiger partial charge in [-0.05, 0) is 43.7 Å². The Kier molecular flexibility index (Phi) is 13.8. The van der Waals surface area contributed by atoms with Crippen molar-refractivity contribution in [3.05, 3.63) is 35.9 Å². The molecule has 1 amide bonds. The normalized spacial score (nSPS) is 20.1. The fourth-order valence-corrected chi connectivity index (χ4v) is 7.56. The number of carbonyl (C=O) groups excluding carboxylic acids is 1. The second-order valence-electron chi connectivity index (χ2n) is 13.9. The number of nitrogens with zero attached hydrogens (tertiary/aromatic N) is 3. The number of alkyl carbamates (subject to hydrolysis) is 1. The molecule has 1 aliphatic carbocycles. The number of piperidine rings is 1. The Labute approximate surface area is 270 Å². The zero-order valence-electron chi connectivity index (χ0n) is 27.6. The van der Waals surface area contributed by atoms with Crippen molar-refractivity contribution in [2.75, 3.05) is 50.2 Å². The zero-order chi connectivity index (χ0) is 31.4. The fourth-order valence-electron chi connectivity index (χ4n) is 6.31. The average Bonchev–Trinajstić information content (AvgIpc) is 3.48. The first-order chi connectivity index (χ1) is 21.2. The molecule has 0 spiro atoms. The summed E-state index contributed by atoms with van der Waals surface area (Å²) < 4.78 is 27.0. The van der Waals surface area contributed by atoms with Gasteiger partial charge in [-0.25, -0.2) is 4.79 Å². The van der Waals surface area contributed by atoms with Crippen LogP contribution < -0.4 is 15.5 Å². The number of anilines is 2. The Morgan fingerprint density at radius 3 is 2.59 bits per heavy atom. The molecule has 11 heteroatoms. The summed E-state index contributed by atoms with van der Waals surface area (Å²) in [7, 11) is 0.471. The Morgan fingerprint density at radius 2 is 1.86 bits per heavy atom. The molecule has 4 atom stereocenters. The number of hydrogen-bond acceptors (Lipinski definition) is 9. The minimum absolute atomic E-state index is 0.0187. The van der Waals surface area contributed by atoms with Crippen molar-refractivity contribution in [3.63, 3.8) is 0 Å². The summed E-state index contributed by atoms with van der Waals surface area (Å²) in [6.07, 6.45) is 9.23. The molecule has 0 radical (unpaired) electrons. The van der Waals surface area contributed by atoms with Gasteiger partial charge >= 0.3 is 6.09 Å². The molecule has 9 nitrogen and oxygen atoms in total. The summed E-state index contributed by atoms with van der Waals surface area (Å²) in [5, 5.41) is 6.76. The van der Waals surface area contributed by atoms with Crippen LogP contribution >= 0.6 is 11.7 Å². The van der Waals surface area contributed by atoms with E-state index < -0.39 is 8.07 Å². The van der Waals surface area contributed by atoms with Crippen molar-refractivity contribution in [2.45, 2.75) is 102 Å². The average molecular weight is 646 g/mol. The van der Waals surface area contributed by atoms with E-state index in [9.17, 15) is 4.79 Å². The Bertz CT molecular complexity index is 1110. The minimum Gasteiger partial charge on any atom is -0.450 e. The molecule has 1 aromatic heterocycles. The summed E-state index contributed by atoms with van der Waals surface area (Å²) in [6, 6.07) is 11.6. The maximum atomic E-state index is 12.6. The van der Waals surface area contributed by atoms with E-state index in [1.54, 1.807) is 7.11 Å². The quantitative estimate of drug-likeness (QED) is 0.183. The molecule has 2 aromatic rings. The van der Waals surface area contributed by atoms with Gasteiger partial charge in [0.25, 0.3) is 0 Å². The van der Waals surface area contributed by atoms with Crippen molar-refractivity contribution in [2.24, 2.45) is 11.8 Å². The highest BCUT2D eigenvalue weighted by Crippen LogP contribution is 2.37. The largest absolute Gasteiger partial charge is 0.450 e. The van der Waals surface area contributed by atoms with Gasteiger partial charge in [-0.1, -0.05) is 82.1 Å². The second kappa shape index (κ2) is 17.5. The predicted octanol–water partition coefficient (Wildman–Crippen LogP) is 7.36. The van der Waals surface area contributed by atoms with E-state index in [4.69, 9.17) is 23.0 Å². The Hall–Kier alpha value is -2.21. The van der Waals surface area contributed by atoms with E-state index in [1.807, 2.05) is 6.92 Å². The van der Waals surface area contributed by atoms with Crippen LogP contribution in [0.25, 0.3) is 0 Å². The number of nitrogens with one attached hydrogen (secondary N) is 2. The smallest absolute Gasteiger partial charge is 0.407 e. The highest BCUT2D eigenvalue weighted by molar-refractivity contribution is 6.99. The topological polar surface area (TPSA) is 97.8 Å². The standard InChI is InChI=1S/C33H55N5O4SSi/c1-25(40-2)24-42-30(27-15-10-7-11-16-27)28-17-12-18-38(23-28)32-31(36-43-37-32)35-29(21-26-13-8-6-9-14-26)22-34-33(39)41-19-20-44(3,4)5/h7,10-11,15-16,25-26,28-30H,6,8-9,12-14,17-24H2,1-5H3,(H,34,39)(H,35,36)/t25?,28?,29-,30?/m0/s1. The summed E-state index contributed by atoms with van der Waals surface area (Å²) in [5.74, 6) is 2.69. The van der Waals surface area contributed by atoms with Crippen LogP contribution in [0.4, 0.5) is 16.4 Å². The molecule has 3 unspecified atom stereocenters. The van der Waals surface area contributed by atoms with Gasteiger partial charge in [-0.2, -0.15) is 8.75 Å². The minimum atomic E-state index is -1.26. The highest BCUT2D eigenvalue weighted by Gasteiger charge is 2.32. The van der Waals surface area contributed by atoms with Gasteiger partial charge in [0.1, 0.15) is 0 Å². The highest BCUT2D eigenvalue weighted by atomic mass is 32.1. The molecule has 2 fully saturated rings. The van der Waals surface area contributed by atoms with Gasteiger partial charge < -0.3 is 29.7 Å². The van der Waals surface area contributed by atoms with E-state index in [0.29, 0.717) is 31.6 Å². The fraction of sp³-hybridized carbons (Fsp3) is 0.727. The van der Waals surface area contributed by atoms with Crippen LogP contribution in [0.5, 0.6) is 0 Å². The lowest BCUT2D eigenvalue weighted by molar-refractivity contribution is -0.0461. The molecule has 1 aromatic carbocycles. The van der Waals surface area contributed by atoms with Crippen LogP contribution in [0.1, 0.15) is 70.0 Å². The molecule has 1 saturated carbocycles. The Morgan fingerprint density at radius 1 is 1.09 bits per heavy atom. The number of ether oxygens (including phenoxy) is 3. The summed E-state index contributed by atoms with van der Waals surface area (Å²) in [6.45, 7) is 12.2. The van der Waals surface area contributed by atoms with Crippen molar-refractivity contribution in [1.82, 2.24) is 14.1 Å². The van der Waals surface area contributed by atoms with E-state index in [0.717, 1.165) is 50.0 Å². The molecule has 1 aliphatic heterocycles. The molecule has 246 valence electrons. The first kappa shape index (κ1) is 34.7. The first-order valence-corrected chi connectivity index (χ1v) is 21.1. The predicted molar refractivity (Wildman–Crippen MR) is 183 cm³/mol. The molecular formula is C33H55N5O4SSi. The molecule has 0 bridgehead atoms. The number of aromatic nitrogens is 2. The number of carbonyl (C=O) groups is 1. The Balaban J connectivity index is 1.42. The van der Waals surface area contributed by atoms with Crippen molar-refractivity contribution in [3.8, 4) is 0 Å². The van der Waals surface area contributed by atoms with E-state index >= 15 is 0 Å². The molecule has 44 heavy (non-hydrogen) atoms. The van der Waals surface area contributed by atoms with Gasteiger partial charge in [-0.3, -0.25) is 0 Å². The molecule has 1 saturated heterocycles. The van der Waals surface area contributed by atoms with Crippen LogP contribution in [-0.2, 0) is 14.2 Å². The number of hydrogen-bond donors (Lipinski definition) is 2. The van der Waals surface area contributed by atoms with E-state index in [-0.39, 0.29) is 24.3 Å². The summed E-state index contributed by atoms with van der Waals surface area (Å²) in [4.78, 5) is 14.9. The maximum Gasteiger partial charge on any atom is 0.407 e. The van der Waals surface area contributed by atoms with Crippen LogP contribution in [0.2, 0.25) is 25.7 Å². The van der Waals surface area contributed by atoms with Gasteiger partial charge in [0.05, 0.1) is 37.1 Å². The van der Waals surface area contributed by atoms with Gasteiger partial charge in [0.15, 0.2) is 11.6 Å². The lowest BCUT2D eigenvalue weighted by Crippen LogP contribution is -2.41. The van der Waals surface area contributed by atoms with Crippen LogP contribution in [-0.4, -0.2) is 75.0 Å². The second-order valence-corrected chi connectivity index (χ2v) is 20.1. The lowest BCUT2D eigenvalue weighted by atomic mass is 9.85. The summed E-state index contributed by atoms with van der Waals surface area (Å²) >= 11 is 1.25. The monoisotopic (exact) mass is 645 g/mol. The van der Waals surface area contributed by atoms with Crippen molar-refractivity contribution >= 4 is 37.5 Å². The molecule has 4 rings (SSSR count). The zero-order valence-corrected chi connectivity index (χ0v) is 29.4.